The lowest BCUT2D eigenvalue weighted by Crippen LogP contribution is -2.15. The minimum absolute atomic E-state index is 0.0407. The number of Topliss-reactive ketones (excluding diaryl/α,β-unsaturated/α-hetero) is 1. The lowest BCUT2D eigenvalue weighted by atomic mass is 10.2. The smallest absolute Gasteiger partial charge is 0.177 e. The fourth-order valence-corrected chi connectivity index (χ4v) is 1.13. The van der Waals surface area contributed by atoms with E-state index >= 15 is 0 Å². The Bertz CT molecular complexity index is 253. The second-order valence-corrected chi connectivity index (χ2v) is 3.09. The van der Waals surface area contributed by atoms with Gasteiger partial charge >= 0.3 is 0 Å². The number of aromatic nitrogens is 1. The van der Waals surface area contributed by atoms with Gasteiger partial charge in [0.2, 0.25) is 0 Å². The van der Waals surface area contributed by atoms with E-state index in [9.17, 15) is 4.79 Å². The highest BCUT2D eigenvalue weighted by Crippen LogP contribution is 2.00. The summed E-state index contributed by atoms with van der Waals surface area (Å²) in [6.07, 6.45) is 3.20. The Labute approximate surface area is 79.9 Å². The third-order valence-electron chi connectivity index (χ3n) is 1.30. The Balaban J connectivity index is 2.54. The minimum atomic E-state index is 0.0407. The minimum Gasteiger partial charge on any atom is -0.293 e. The quantitative estimate of drug-likeness (QED) is 0.333. The standard InChI is InChI=1S/C7H8N2OS2/c10-7(5-9-12-11)6-1-3-8-4-2-6/h1-4,9,11H,5H2. The molecular weight excluding hydrogens is 192 g/mol. The molecule has 0 bridgehead atoms. The molecule has 0 aliphatic rings. The van der Waals surface area contributed by atoms with Gasteiger partial charge in [0.15, 0.2) is 5.78 Å². The van der Waals surface area contributed by atoms with Crippen LogP contribution in [0.1, 0.15) is 10.4 Å². The van der Waals surface area contributed by atoms with Crippen LogP contribution in [0.25, 0.3) is 0 Å². The summed E-state index contributed by atoms with van der Waals surface area (Å²) in [4.78, 5) is 15.1. The lowest BCUT2D eigenvalue weighted by molar-refractivity contribution is 0.0998. The first-order valence-corrected chi connectivity index (χ1v) is 5.18. The zero-order valence-electron chi connectivity index (χ0n) is 6.23. The predicted molar refractivity (Wildman–Crippen MR) is 53.1 cm³/mol. The monoisotopic (exact) mass is 200 g/mol. The number of carbonyl (C=O) groups excluding carboxylic acids is 1. The van der Waals surface area contributed by atoms with Gasteiger partial charge in [-0.15, -0.1) is 0 Å². The van der Waals surface area contributed by atoms with Crippen molar-refractivity contribution in [3.05, 3.63) is 30.1 Å². The number of hydrogen-bond acceptors (Lipinski definition) is 5. The molecule has 0 aliphatic carbocycles. The number of thiol groups is 1. The van der Waals surface area contributed by atoms with Crippen LogP contribution in [0.3, 0.4) is 0 Å². The number of ketones is 1. The van der Waals surface area contributed by atoms with E-state index in [1.54, 1.807) is 24.5 Å². The predicted octanol–water partition coefficient (Wildman–Crippen LogP) is 1.35. The average Bonchev–Trinajstić information content (AvgIpc) is 2.15. The molecule has 0 aliphatic heterocycles. The molecule has 0 unspecified atom stereocenters. The largest absolute Gasteiger partial charge is 0.293 e. The Kier molecular flexibility index (Phi) is 4.13. The normalized spacial score (nSPS) is 9.75. The zero-order chi connectivity index (χ0) is 8.81. The maximum atomic E-state index is 11.3. The van der Waals surface area contributed by atoms with Crippen LogP contribution in [-0.4, -0.2) is 17.3 Å². The molecule has 0 radical (unpaired) electrons. The van der Waals surface area contributed by atoms with Gasteiger partial charge in [-0.2, -0.15) is 0 Å². The van der Waals surface area contributed by atoms with E-state index in [0.29, 0.717) is 5.56 Å². The van der Waals surface area contributed by atoms with E-state index in [0.717, 1.165) is 11.0 Å². The molecule has 0 saturated carbocycles. The van der Waals surface area contributed by atoms with Gasteiger partial charge in [-0.3, -0.25) is 9.78 Å². The van der Waals surface area contributed by atoms with Crippen molar-refractivity contribution in [2.45, 2.75) is 0 Å². The number of carbonyl (C=O) groups is 1. The molecule has 1 heterocycles. The summed E-state index contributed by atoms with van der Waals surface area (Å²) in [5, 5.41) is 0. The van der Waals surface area contributed by atoms with Crippen molar-refractivity contribution in [2.75, 3.05) is 6.54 Å². The van der Waals surface area contributed by atoms with E-state index in [2.05, 4.69) is 21.4 Å². The molecule has 3 nitrogen and oxygen atoms in total. The van der Waals surface area contributed by atoms with E-state index in [1.165, 1.54) is 0 Å². The number of rotatable bonds is 4. The molecule has 12 heavy (non-hydrogen) atoms. The number of nitrogens with zero attached hydrogens (tertiary/aromatic N) is 1. The van der Waals surface area contributed by atoms with Gasteiger partial charge in [0, 0.05) is 18.0 Å². The maximum absolute atomic E-state index is 11.3. The number of pyridine rings is 1. The van der Waals surface area contributed by atoms with Crippen molar-refractivity contribution in [2.24, 2.45) is 0 Å². The highest BCUT2D eigenvalue weighted by molar-refractivity contribution is 8.67. The van der Waals surface area contributed by atoms with Crippen molar-refractivity contribution in [3.8, 4) is 0 Å². The molecule has 0 saturated heterocycles. The van der Waals surface area contributed by atoms with Crippen molar-refractivity contribution >= 4 is 28.4 Å². The topological polar surface area (TPSA) is 42.0 Å². The van der Waals surface area contributed by atoms with Crippen LogP contribution in [0.2, 0.25) is 0 Å². The molecular formula is C7H8N2OS2. The third kappa shape index (κ3) is 2.84. The van der Waals surface area contributed by atoms with Gasteiger partial charge in [-0.1, -0.05) is 11.7 Å². The van der Waals surface area contributed by atoms with Crippen molar-refractivity contribution in [3.63, 3.8) is 0 Å². The van der Waals surface area contributed by atoms with Gasteiger partial charge < -0.3 is 0 Å². The average molecular weight is 200 g/mol. The first kappa shape index (κ1) is 9.57. The maximum Gasteiger partial charge on any atom is 0.177 e. The Morgan fingerprint density at radius 3 is 2.83 bits per heavy atom. The molecule has 0 fully saturated rings. The SMILES string of the molecule is O=C(CNSS)c1ccncc1. The van der Waals surface area contributed by atoms with E-state index in [4.69, 9.17) is 0 Å². The summed E-state index contributed by atoms with van der Waals surface area (Å²) in [6, 6.07) is 3.38. The summed E-state index contributed by atoms with van der Waals surface area (Å²) in [7, 11) is 1.13. The van der Waals surface area contributed by atoms with E-state index in [1.807, 2.05) is 0 Å². The fourth-order valence-electron chi connectivity index (χ4n) is 0.738. The van der Waals surface area contributed by atoms with E-state index in [-0.39, 0.29) is 12.3 Å². The van der Waals surface area contributed by atoms with Gasteiger partial charge in [0.05, 0.1) is 6.54 Å². The molecule has 1 aromatic heterocycles. The molecule has 1 N–H and O–H groups in total. The molecule has 0 amide bonds. The van der Waals surface area contributed by atoms with Crippen LogP contribution in [-0.2, 0) is 0 Å². The molecule has 0 atom stereocenters. The van der Waals surface area contributed by atoms with Crippen LogP contribution in [0, 0.1) is 0 Å². The zero-order valence-corrected chi connectivity index (χ0v) is 7.94. The van der Waals surface area contributed by atoms with Crippen molar-refractivity contribution < 1.29 is 4.79 Å². The molecule has 5 heteroatoms. The summed E-state index contributed by atoms with van der Waals surface area (Å²) in [5.74, 6) is 0.0407. The Hall–Kier alpha value is -0.520. The second kappa shape index (κ2) is 5.18. The van der Waals surface area contributed by atoms with Crippen molar-refractivity contribution in [1.29, 1.82) is 0 Å². The van der Waals surface area contributed by atoms with Gasteiger partial charge in [0.25, 0.3) is 0 Å². The summed E-state index contributed by atoms with van der Waals surface area (Å²) >= 11 is 3.85. The molecule has 64 valence electrons. The summed E-state index contributed by atoms with van der Waals surface area (Å²) in [5.41, 5.74) is 0.667. The summed E-state index contributed by atoms with van der Waals surface area (Å²) < 4.78 is 2.76. The first-order chi connectivity index (χ1) is 5.84. The van der Waals surface area contributed by atoms with Crippen LogP contribution >= 0.6 is 22.6 Å². The lowest BCUT2D eigenvalue weighted by Gasteiger charge is -1.98. The fraction of sp³-hybridized carbons (Fsp3) is 0.143. The van der Waals surface area contributed by atoms with E-state index < -0.39 is 0 Å². The summed E-state index contributed by atoms with van der Waals surface area (Å²) in [6.45, 7) is 0.290. The molecule has 0 spiro atoms. The Morgan fingerprint density at radius 2 is 2.25 bits per heavy atom. The van der Waals surface area contributed by atoms with Gasteiger partial charge in [-0.05, 0) is 23.1 Å². The second-order valence-electron chi connectivity index (χ2n) is 2.07. The Morgan fingerprint density at radius 1 is 1.58 bits per heavy atom. The number of hydrogen-bond donors (Lipinski definition) is 2. The molecule has 0 aromatic carbocycles. The van der Waals surface area contributed by atoms with Crippen LogP contribution < -0.4 is 4.72 Å². The molecule has 1 rings (SSSR count). The molecule has 1 aromatic rings. The number of nitrogens with one attached hydrogen (secondary N) is 1. The highest BCUT2D eigenvalue weighted by atomic mass is 33.1. The van der Waals surface area contributed by atoms with Gasteiger partial charge in [0.1, 0.15) is 0 Å². The van der Waals surface area contributed by atoms with Crippen molar-refractivity contribution in [1.82, 2.24) is 9.71 Å². The van der Waals surface area contributed by atoms with Crippen LogP contribution in [0.15, 0.2) is 24.5 Å². The first-order valence-electron chi connectivity index (χ1n) is 3.31. The highest BCUT2D eigenvalue weighted by Gasteiger charge is 2.02. The van der Waals surface area contributed by atoms with Crippen LogP contribution in [0.5, 0.6) is 0 Å². The van der Waals surface area contributed by atoms with Gasteiger partial charge in [-0.25, -0.2) is 4.72 Å². The third-order valence-corrected chi connectivity index (χ3v) is 1.96. The van der Waals surface area contributed by atoms with Crippen LogP contribution in [0.4, 0.5) is 0 Å².